The van der Waals surface area contributed by atoms with Crippen molar-refractivity contribution in [2.24, 2.45) is 5.92 Å². The average molecular weight is 259 g/mol. The summed E-state index contributed by atoms with van der Waals surface area (Å²) in [5.41, 5.74) is 3.99. The Bertz CT molecular complexity index is 474. The number of carbonyl (C=O) groups excluding carboxylic acids is 2. The monoisotopic (exact) mass is 259 g/mol. The topological polar surface area (TPSA) is 61.4 Å². The van der Waals surface area contributed by atoms with Gasteiger partial charge in [-0.15, -0.1) is 0 Å². The van der Waals surface area contributed by atoms with E-state index in [4.69, 9.17) is 0 Å². The molecule has 0 aliphatic carbocycles. The molecule has 0 radical (unpaired) electrons. The fraction of sp³-hybridized carbons (Fsp3) is 0.429. The van der Waals surface area contributed by atoms with Gasteiger partial charge in [0.05, 0.1) is 11.1 Å². The van der Waals surface area contributed by atoms with E-state index in [0.29, 0.717) is 23.6 Å². The fourth-order valence-electron chi connectivity index (χ4n) is 2.64. The molecule has 0 atom stereocenters. The molecule has 0 aromatic heterocycles. The molecule has 5 heteroatoms. The van der Waals surface area contributed by atoms with Gasteiger partial charge in [0, 0.05) is 6.54 Å². The van der Waals surface area contributed by atoms with Crippen LogP contribution >= 0.6 is 0 Å². The maximum atomic E-state index is 12.1. The van der Waals surface area contributed by atoms with Crippen LogP contribution in [0.4, 0.5) is 0 Å². The first-order valence-electron chi connectivity index (χ1n) is 6.69. The zero-order valence-corrected chi connectivity index (χ0v) is 10.7. The van der Waals surface area contributed by atoms with Crippen molar-refractivity contribution >= 4 is 11.8 Å². The van der Waals surface area contributed by atoms with Crippen molar-refractivity contribution in [1.82, 2.24) is 15.8 Å². The lowest BCUT2D eigenvalue weighted by atomic mass is 9.99. The Morgan fingerprint density at radius 2 is 1.68 bits per heavy atom. The Morgan fingerprint density at radius 3 is 2.26 bits per heavy atom. The Kier molecular flexibility index (Phi) is 3.31. The molecule has 100 valence electrons. The Labute approximate surface area is 111 Å². The Balaban J connectivity index is 1.67. The van der Waals surface area contributed by atoms with Crippen LogP contribution in [0, 0.1) is 5.92 Å². The number of hydrogen-bond acceptors (Lipinski definition) is 4. The number of hydrazine groups is 1. The second kappa shape index (κ2) is 5.11. The highest BCUT2D eigenvalue weighted by Gasteiger charge is 2.35. The number of rotatable bonds is 3. The quantitative estimate of drug-likeness (QED) is 0.788. The van der Waals surface area contributed by atoms with E-state index in [1.807, 2.05) is 0 Å². The molecule has 19 heavy (non-hydrogen) atoms. The summed E-state index contributed by atoms with van der Waals surface area (Å²) in [5.74, 6) is 0.0367. The molecule has 3 rings (SSSR count). The minimum Gasteiger partial charge on any atom is -0.317 e. The molecule has 0 unspecified atom stereocenters. The lowest BCUT2D eigenvalue weighted by Crippen LogP contribution is -2.46. The van der Waals surface area contributed by atoms with Crippen LogP contribution in [-0.4, -0.2) is 36.5 Å². The highest BCUT2D eigenvalue weighted by Crippen LogP contribution is 2.21. The van der Waals surface area contributed by atoms with Crippen molar-refractivity contribution < 1.29 is 9.59 Å². The minimum absolute atomic E-state index is 0.241. The smallest absolute Gasteiger partial charge is 0.276 e. The molecule has 0 spiro atoms. The maximum Gasteiger partial charge on any atom is 0.276 e. The van der Waals surface area contributed by atoms with E-state index in [-0.39, 0.29) is 11.8 Å². The molecule has 0 bridgehead atoms. The summed E-state index contributed by atoms with van der Waals surface area (Å²) in [6.45, 7) is 2.69. The van der Waals surface area contributed by atoms with Gasteiger partial charge in [0.1, 0.15) is 0 Å². The van der Waals surface area contributed by atoms with Crippen LogP contribution < -0.4 is 10.7 Å². The van der Waals surface area contributed by atoms with Crippen molar-refractivity contribution in [3.05, 3.63) is 35.4 Å². The Morgan fingerprint density at radius 1 is 1.11 bits per heavy atom. The maximum absolute atomic E-state index is 12.1. The van der Waals surface area contributed by atoms with Crippen molar-refractivity contribution in [2.45, 2.75) is 12.8 Å². The third-order valence-corrected chi connectivity index (χ3v) is 3.79. The van der Waals surface area contributed by atoms with Crippen LogP contribution in [0.25, 0.3) is 0 Å². The van der Waals surface area contributed by atoms with Crippen molar-refractivity contribution in [3.8, 4) is 0 Å². The summed E-state index contributed by atoms with van der Waals surface area (Å²) < 4.78 is 0. The van der Waals surface area contributed by atoms with E-state index in [0.717, 1.165) is 30.9 Å². The third kappa shape index (κ3) is 2.27. The van der Waals surface area contributed by atoms with Crippen LogP contribution in [0.15, 0.2) is 24.3 Å². The molecule has 2 aliphatic rings. The van der Waals surface area contributed by atoms with Crippen molar-refractivity contribution in [2.75, 3.05) is 19.6 Å². The molecule has 2 aliphatic heterocycles. The molecule has 1 saturated heterocycles. The fourth-order valence-corrected chi connectivity index (χ4v) is 2.64. The summed E-state index contributed by atoms with van der Waals surface area (Å²) in [6, 6.07) is 6.95. The predicted molar refractivity (Wildman–Crippen MR) is 70.5 cm³/mol. The van der Waals surface area contributed by atoms with E-state index in [9.17, 15) is 9.59 Å². The van der Waals surface area contributed by atoms with Crippen molar-refractivity contribution in [3.63, 3.8) is 0 Å². The highest BCUT2D eigenvalue weighted by molar-refractivity contribution is 6.20. The Hall–Kier alpha value is -1.72. The molecule has 5 nitrogen and oxygen atoms in total. The molecule has 2 N–H and O–H groups in total. The largest absolute Gasteiger partial charge is 0.317 e. The van der Waals surface area contributed by atoms with Crippen LogP contribution in [0.5, 0.6) is 0 Å². The molecule has 2 heterocycles. The summed E-state index contributed by atoms with van der Waals surface area (Å²) >= 11 is 0. The van der Waals surface area contributed by atoms with E-state index < -0.39 is 0 Å². The van der Waals surface area contributed by atoms with E-state index in [1.165, 1.54) is 0 Å². The average Bonchev–Trinajstić information content (AvgIpc) is 2.71. The number of fused-ring (bicyclic) bond motifs is 1. The third-order valence-electron chi connectivity index (χ3n) is 3.79. The zero-order chi connectivity index (χ0) is 13.2. The predicted octanol–water partition coefficient (Wildman–Crippen LogP) is 0.787. The van der Waals surface area contributed by atoms with Gasteiger partial charge < -0.3 is 5.32 Å². The van der Waals surface area contributed by atoms with Gasteiger partial charge in [0.25, 0.3) is 11.8 Å². The van der Waals surface area contributed by atoms with Crippen molar-refractivity contribution in [1.29, 1.82) is 0 Å². The van der Waals surface area contributed by atoms with Gasteiger partial charge in [0.15, 0.2) is 0 Å². The molecule has 0 saturated carbocycles. The molecular weight excluding hydrogens is 242 g/mol. The molecule has 1 fully saturated rings. The van der Waals surface area contributed by atoms with Crippen LogP contribution in [0.2, 0.25) is 0 Å². The lowest BCUT2D eigenvalue weighted by molar-refractivity contribution is 0.0552. The van der Waals surface area contributed by atoms with Gasteiger partial charge in [-0.3, -0.25) is 9.59 Å². The summed E-state index contributed by atoms with van der Waals surface area (Å²) in [7, 11) is 0. The molecule has 2 amide bonds. The van der Waals surface area contributed by atoms with Crippen LogP contribution in [-0.2, 0) is 0 Å². The standard InChI is InChI=1S/C14H17N3O2/c18-13-11-3-1-2-4-12(11)14(19)17(13)16-9-10-5-7-15-8-6-10/h1-4,10,15-16H,5-9H2. The number of imide groups is 1. The summed E-state index contributed by atoms with van der Waals surface area (Å²) in [4.78, 5) is 24.2. The second-order valence-corrected chi connectivity index (χ2v) is 5.05. The van der Waals surface area contributed by atoms with Gasteiger partial charge in [0.2, 0.25) is 0 Å². The van der Waals surface area contributed by atoms with E-state index >= 15 is 0 Å². The van der Waals surface area contributed by atoms with Crippen LogP contribution in [0.1, 0.15) is 33.6 Å². The highest BCUT2D eigenvalue weighted by atomic mass is 16.2. The van der Waals surface area contributed by atoms with Gasteiger partial charge in [-0.25, -0.2) is 10.4 Å². The number of hydrogen-bond donors (Lipinski definition) is 2. The van der Waals surface area contributed by atoms with Gasteiger partial charge in [-0.05, 0) is 44.0 Å². The first-order valence-corrected chi connectivity index (χ1v) is 6.69. The van der Waals surface area contributed by atoms with E-state index in [1.54, 1.807) is 24.3 Å². The SMILES string of the molecule is O=C1c2ccccc2C(=O)N1NCC1CCNCC1. The molecule has 1 aromatic carbocycles. The summed E-state index contributed by atoms with van der Waals surface area (Å²) in [5, 5.41) is 4.46. The number of piperidine rings is 1. The lowest BCUT2D eigenvalue weighted by Gasteiger charge is -2.25. The summed E-state index contributed by atoms with van der Waals surface area (Å²) in [6.07, 6.45) is 2.16. The molecular formula is C14H17N3O2. The minimum atomic E-state index is -0.241. The number of amides is 2. The van der Waals surface area contributed by atoms with Crippen LogP contribution in [0.3, 0.4) is 0 Å². The number of carbonyl (C=O) groups is 2. The zero-order valence-electron chi connectivity index (χ0n) is 10.7. The molecule has 1 aromatic rings. The van der Waals surface area contributed by atoms with Gasteiger partial charge in [-0.1, -0.05) is 12.1 Å². The first-order chi connectivity index (χ1) is 9.27. The normalized spacial score (nSPS) is 19.9. The number of benzene rings is 1. The first kappa shape index (κ1) is 12.3. The van der Waals surface area contributed by atoms with E-state index in [2.05, 4.69) is 10.7 Å². The number of nitrogens with one attached hydrogen (secondary N) is 2. The number of nitrogens with zero attached hydrogens (tertiary/aromatic N) is 1. The second-order valence-electron chi connectivity index (χ2n) is 5.05. The van der Waals surface area contributed by atoms with Gasteiger partial charge >= 0.3 is 0 Å². The van der Waals surface area contributed by atoms with Gasteiger partial charge in [-0.2, -0.15) is 0 Å².